The summed E-state index contributed by atoms with van der Waals surface area (Å²) in [5, 5.41) is 0. The zero-order valence-electron chi connectivity index (χ0n) is 18.1. The third-order valence-electron chi connectivity index (χ3n) is 7.37. The van der Waals surface area contributed by atoms with Gasteiger partial charge in [-0.15, -0.1) is 0 Å². The van der Waals surface area contributed by atoms with E-state index in [0.717, 1.165) is 83.2 Å². The molecule has 3 saturated heterocycles. The van der Waals surface area contributed by atoms with Crippen LogP contribution in [-0.2, 0) is 11.3 Å². The Labute approximate surface area is 179 Å². The number of nitrogens with zero attached hydrogens (tertiary/aromatic N) is 4. The van der Waals surface area contributed by atoms with E-state index in [-0.39, 0.29) is 11.6 Å². The highest BCUT2D eigenvalue weighted by atomic mass is 16.5. The molecule has 7 heteroatoms. The van der Waals surface area contributed by atoms with Crippen molar-refractivity contribution in [2.45, 2.75) is 56.7 Å². The predicted octanol–water partition coefficient (Wildman–Crippen LogP) is 2.75. The summed E-state index contributed by atoms with van der Waals surface area (Å²) < 4.78 is 10.9. The Hall–Kier alpha value is -1.86. The third-order valence-corrected chi connectivity index (χ3v) is 7.37. The van der Waals surface area contributed by atoms with Crippen molar-refractivity contribution in [2.24, 2.45) is 5.92 Å². The number of urea groups is 1. The summed E-state index contributed by atoms with van der Waals surface area (Å²) in [7, 11) is 1.66. The molecule has 1 saturated carbocycles. The molecule has 1 aromatic rings. The van der Waals surface area contributed by atoms with Crippen LogP contribution in [-0.4, -0.2) is 83.8 Å². The molecule has 7 nitrogen and oxygen atoms in total. The summed E-state index contributed by atoms with van der Waals surface area (Å²) in [5.74, 6) is 1.41. The van der Waals surface area contributed by atoms with Crippen LogP contribution in [0.4, 0.5) is 4.79 Å². The zero-order valence-corrected chi connectivity index (χ0v) is 18.1. The van der Waals surface area contributed by atoms with Gasteiger partial charge in [0.1, 0.15) is 0 Å². The summed E-state index contributed by atoms with van der Waals surface area (Å²) in [6, 6.07) is 6.58. The number of aromatic nitrogens is 1. The normalized spacial score (nSPS) is 25.3. The number of hydrogen-bond acceptors (Lipinski definition) is 5. The number of carbonyl (C=O) groups excluding carboxylic acids is 1. The Kier molecular flexibility index (Phi) is 5.58. The first-order valence-electron chi connectivity index (χ1n) is 11.6. The van der Waals surface area contributed by atoms with Crippen LogP contribution in [0.2, 0.25) is 0 Å². The van der Waals surface area contributed by atoms with E-state index in [2.05, 4.69) is 25.8 Å². The first kappa shape index (κ1) is 20.1. The van der Waals surface area contributed by atoms with E-state index in [1.165, 1.54) is 12.8 Å². The fourth-order valence-electron chi connectivity index (χ4n) is 5.53. The predicted molar refractivity (Wildman–Crippen MR) is 113 cm³/mol. The van der Waals surface area contributed by atoms with Gasteiger partial charge in [0.15, 0.2) is 0 Å². The highest BCUT2D eigenvalue weighted by Crippen LogP contribution is 2.41. The average Bonchev–Trinajstić information content (AvgIpc) is 3.55. The SMILES string of the molecule is COc1cccc(CN2CCC(N3C(=O)N(CC4CC4)CC34CCOCC4)CC2)n1. The number of pyridine rings is 1. The van der Waals surface area contributed by atoms with Crippen molar-refractivity contribution >= 4 is 6.03 Å². The van der Waals surface area contributed by atoms with E-state index in [1.54, 1.807) is 7.11 Å². The van der Waals surface area contributed by atoms with E-state index < -0.39 is 0 Å². The van der Waals surface area contributed by atoms with Crippen molar-refractivity contribution < 1.29 is 14.3 Å². The molecule has 1 spiro atoms. The van der Waals surface area contributed by atoms with E-state index in [1.807, 2.05) is 12.1 Å². The lowest BCUT2D eigenvalue weighted by Gasteiger charge is -2.46. The zero-order chi connectivity index (χ0) is 20.6. The van der Waals surface area contributed by atoms with Gasteiger partial charge in [-0.1, -0.05) is 6.07 Å². The van der Waals surface area contributed by atoms with Crippen molar-refractivity contribution in [3.63, 3.8) is 0 Å². The van der Waals surface area contributed by atoms with Gasteiger partial charge in [0.25, 0.3) is 0 Å². The van der Waals surface area contributed by atoms with Gasteiger partial charge in [-0.25, -0.2) is 9.78 Å². The molecule has 0 unspecified atom stereocenters. The lowest BCUT2D eigenvalue weighted by Crippen LogP contribution is -2.57. The summed E-state index contributed by atoms with van der Waals surface area (Å²) in [6.45, 7) is 6.26. The Balaban J connectivity index is 1.24. The summed E-state index contributed by atoms with van der Waals surface area (Å²) in [4.78, 5) is 24.9. The fourth-order valence-corrected chi connectivity index (χ4v) is 5.53. The van der Waals surface area contributed by atoms with Crippen molar-refractivity contribution in [3.05, 3.63) is 23.9 Å². The van der Waals surface area contributed by atoms with Gasteiger partial charge in [-0.05, 0) is 50.5 Å². The van der Waals surface area contributed by atoms with E-state index in [9.17, 15) is 4.79 Å². The minimum absolute atomic E-state index is 0.00852. The molecule has 1 aromatic heterocycles. The Morgan fingerprint density at radius 2 is 1.93 bits per heavy atom. The topological polar surface area (TPSA) is 58.1 Å². The van der Waals surface area contributed by atoms with Crippen molar-refractivity contribution in [2.75, 3.05) is 46.5 Å². The van der Waals surface area contributed by atoms with Gasteiger partial charge < -0.3 is 19.3 Å². The number of methoxy groups -OCH3 is 1. The van der Waals surface area contributed by atoms with Gasteiger partial charge in [0, 0.05) is 58.0 Å². The minimum atomic E-state index is -0.00852. The van der Waals surface area contributed by atoms with Crippen molar-refractivity contribution in [3.8, 4) is 5.88 Å². The molecular formula is C23H34N4O3. The second kappa shape index (κ2) is 8.35. The minimum Gasteiger partial charge on any atom is -0.481 e. The van der Waals surface area contributed by atoms with E-state index in [0.29, 0.717) is 11.9 Å². The molecule has 4 fully saturated rings. The van der Waals surface area contributed by atoms with Crippen LogP contribution in [0.1, 0.15) is 44.2 Å². The van der Waals surface area contributed by atoms with Crippen LogP contribution in [0.3, 0.4) is 0 Å². The largest absolute Gasteiger partial charge is 0.481 e. The highest BCUT2D eigenvalue weighted by molar-refractivity contribution is 5.78. The van der Waals surface area contributed by atoms with Crippen LogP contribution in [0.15, 0.2) is 18.2 Å². The average molecular weight is 415 g/mol. The maximum absolute atomic E-state index is 13.5. The lowest BCUT2D eigenvalue weighted by molar-refractivity contribution is -0.0167. The standard InChI is InChI=1S/C23H34N4O3/c1-29-21-4-2-3-19(24-21)16-25-11-7-20(8-12-25)27-22(28)26(15-18-5-6-18)17-23(27)9-13-30-14-10-23/h2-4,18,20H,5-17H2,1H3. The number of carbonyl (C=O) groups is 1. The summed E-state index contributed by atoms with van der Waals surface area (Å²) in [6.07, 6.45) is 6.61. The van der Waals surface area contributed by atoms with Gasteiger partial charge in [0.2, 0.25) is 5.88 Å². The molecular weight excluding hydrogens is 380 g/mol. The van der Waals surface area contributed by atoms with E-state index >= 15 is 0 Å². The maximum atomic E-state index is 13.5. The molecule has 0 aromatic carbocycles. The molecule has 3 aliphatic heterocycles. The van der Waals surface area contributed by atoms with Crippen LogP contribution in [0.5, 0.6) is 5.88 Å². The van der Waals surface area contributed by atoms with Crippen molar-refractivity contribution in [1.82, 2.24) is 19.7 Å². The molecule has 1 aliphatic carbocycles. The van der Waals surface area contributed by atoms with Crippen LogP contribution in [0, 0.1) is 5.92 Å². The van der Waals surface area contributed by atoms with Crippen LogP contribution >= 0.6 is 0 Å². The molecule has 0 radical (unpaired) electrons. The highest BCUT2D eigenvalue weighted by Gasteiger charge is 2.53. The number of ether oxygens (including phenoxy) is 2. The number of likely N-dealkylation sites (tertiary alicyclic amines) is 1. The fraction of sp³-hybridized carbons (Fsp3) is 0.739. The van der Waals surface area contributed by atoms with Crippen LogP contribution < -0.4 is 4.74 Å². The maximum Gasteiger partial charge on any atom is 0.320 e. The van der Waals surface area contributed by atoms with Crippen molar-refractivity contribution in [1.29, 1.82) is 0 Å². The molecule has 5 rings (SSSR count). The van der Waals surface area contributed by atoms with Gasteiger partial charge >= 0.3 is 6.03 Å². The second-order valence-electron chi connectivity index (χ2n) is 9.49. The molecule has 0 atom stereocenters. The van der Waals surface area contributed by atoms with Gasteiger partial charge in [-0.3, -0.25) is 4.90 Å². The Morgan fingerprint density at radius 3 is 2.63 bits per heavy atom. The molecule has 30 heavy (non-hydrogen) atoms. The van der Waals surface area contributed by atoms with Gasteiger partial charge in [0.05, 0.1) is 18.3 Å². The molecule has 2 amide bonds. The monoisotopic (exact) mass is 414 g/mol. The number of rotatable bonds is 6. The Morgan fingerprint density at radius 1 is 1.17 bits per heavy atom. The number of piperidine rings is 1. The first-order chi connectivity index (χ1) is 14.7. The second-order valence-corrected chi connectivity index (χ2v) is 9.49. The Bertz CT molecular complexity index is 755. The smallest absolute Gasteiger partial charge is 0.320 e. The molecule has 4 aliphatic rings. The first-order valence-corrected chi connectivity index (χ1v) is 11.6. The number of hydrogen-bond donors (Lipinski definition) is 0. The van der Waals surface area contributed by atoms with Crippen LogP contribution in [0.25, 0.3) is 0 Å². The summed E-state index contributed by atoms with van der Waals surface area (Å²) in [5.41, 5.74) is 1.03. The number of amides is 2. The molecule has 0 N–H and O–H groups in total. The lowest BCUT2D eigenvalue weighted by atomic mass is 9.86. The third kappa shape index (κ3) is 4.02. The van der Waals surface area contributed by atoms with E-state index in [4.69, 9.17) is 9.47 Å². The summed E-state index contributed by atoms with van der Waals surface area (Å²) >= 11 is 0. The molecule has 164 valence electrons. The quantitative estimate of drug-likeness (QED) is 0.716. The molecule has 0 bridgehead atoms. The molecule has 4 heterocycles. The van der Waals surface area contributed by atoms with Gasteiger partial charge in [-0.2, -0.15) is 0 Å².